The molecule has 0 fully saturated rings. The Balaban J connectivity index is 0.000000200. The number of rotatable bonds is 0. The molecule has 2 nitrogen and oxygen atoms in total. The zero-order chi connectivity index (χ0) is 13.3. The van der Waals surface area contributed by atoms with Gasteiger partial charge in [-0.1, -0.05) is 54.3 Å². The summed E-state index contributed by atoms with van der Waals surface area (Å²) in [5.74, 6) is -0.0110. The first-order valence-electron chi connectivity index (χ1n) is 6.68. The molecule has 0 bridgehead atoms. The van der Waals surface area contributed by atoms with E-state index in [0.717, 1.165) is 5.39 Å². The fraction of sp³-hybridized carbons (Fsp3) is 0.235. The number of para-hydroxylation sites is 1. The van der Waals surface area contributed by atoms with Gasteiger partial charge < -0.3 is 5.11 Å². The van der Waals surface area contributed by atoms with Crippen LogP contribution in [0.5, 0.6) is 5.75 Å². The first kappa shape index (κ1) is 16.6. The summed E-state index contributed by atoms with van der Waals surface area (Å²) in [6, 6.07) is 8.84. The van der Waals surface area contributed by atoms with E-state index in [2.05, 4.69) is 29.3 Å². The molecule has 0 amide bonds. The molecule has 20 heavy (non-hydrogen) atoms. The van der Waals surface area contributed by atoms with Crippen molar-refractivity contribution in [2.75, 3.05) is 0 Å². The van der Waals surface area contributed by atoms with Gasteiger partial charge in [0.15, 0.2) is 0 Å². The summed E-state index contributed by atoms with van der Waals surface area (Å²) >= 11 is 0. The zero-order valence-corrected chi connectivity index (χ0v) is 12.9. The maximum absolute atomic E-state index is 11.1. The van der Waals surface area contributed by atoms with E-state index in [0.29, 0.717) is 5.52 Å². The molecule has 0 aliphatic heterocycles. The molecule has 0 saturated heterocycles. The van der Waals surface area contributed by atoms with Gasteiger partial charge in [0.1, 0.15) is 0 Å². The second kappa shape index (κ2) is 9.44. The largest absolute Gasteiger partial charge is 1.00 e. The average Bonchev–Trinajstić information content (AvgIpc) is 2.39. The minimum absolute atomic E-state index is 0. The summed E-state index contributed by atoms with van der Waals surface area (Å²) in [6.45, 7) is 0. The van der Waals surface area contributed by atoms with Crippen molar-refractivity contribution in [1.82, 2.24) is 4.98 Å². The van der Waals surface area contributed by atoms with Gasteiger partial charge >= 0.3 is 19.5 Å². The number of hydrogen-bond acceptors (Lipinski definition) is 2. The third kappa shape index (κ3) is 5.26. The van der Waals surface area contributed by atoms with Gasteiger partial charge in [0.25, 0.3) is 0 Å². The third-order valence-electron chi connectivity index (χ3n) is 2.93. The second-order valence-electron chi connectivity index (χ2n) is 4.43. The summed E-state index contributed by atoms with van der Waals surface area (Å²) in [5.41, 5.74) is 0.551. The summed E-state index contributed by atoms with van der Waals surface area (Å²) in [7, 11) is 0. The van der Waals surface area contributed by atoms with Gasteiger partial charge in [0, 0.05) is 6.20 Å². The molecule has 0 spiro atoms. The smallest absolute Gasteiger partial charge is 0.871 e. The summed E-state index contributed by atoms with van der Waals surface area (Å²) in [5, 5.41) is 12.0. The number of allylic oxidation sites excluding steroid dienone is 4. The van der Waals surface area contributed by atoms with E-state index in [9.17, 15) is 5.11 Å². The van der Waals surface area contributed by atoms with Crippen LogP contribution in [0.2, 0.25) is 0 Å². The number of hydrogen-bond donors (Lipinski definition) is 0. The van der Waals surface area contributed by atoms with Crippen molar-refractivity contribution in [2.45, 2.75) is 25.7 Å². The third-order valence-corrected chi connectivity index (χ3v) is 2.93. The molecule has 1 heterocycles. The fourth-order valence-corrected chi connectivity index (χ4v) is 1.93. The molecule has 0 atom stereocenters. The molecule has 2 aromatic rings. The molecule has 3 rings (SSSR count). The molecule has 0 N–H and O–H groups in total. The monoisotopic (exact) mass is 355 g/mol. The van der Waals surface area contributed by atoms with E-state index in [1.54, 1.807) is 12.3 Å². The minimum Gasteiger partial charge on any atom is -0.871 e. The van der Waals surface area contributed by atoms with Crippen LogP contribution in [-0.2, 0) is 19.5 Å². The standard InChI is InChI=1S/C9H7NO.C8H12.Rh/c11-8-5-1-3-7-4-2-6-10-9(7)8;1-2-4-6-8-7-5-3-1;/h1-6,11H;1-2,7-8H,3-6H2;/q;;+1/p-1/b;2-1-,8-7-;. The molecule has 1 aliphatic carbocycles. The van der Waals surface area contributed by atoms with Gasteiger partial charge in [-0.25, -0.2) is 0 Å². The fourth-order valence-electron chi connectivity index (χ4n) is 1.93. The van der Waals surface area contributed by atoms with Crippen molar-refractivity contribution >= 4 is 10.9 Å². The Morgan fingerprint density at radius 2 is 1.35 bits per heavy atom. The molecule has 1 aromatic carbocycles. The van der Waals surface area contributed by atoms with Crippen LogP contribution >= 0.6 is 0 Å². The predicted molar refractivity (Wildman–Crippen MR) is 77.9 cm³/mol. The maximum atomic E-state index is 11.1. The summed E-state index contributed by atoms with van der Waals surface area (Å²) in [4.78, 5) is 3.97. The molecular weight excluding hydrogens is 337 g/mol. The number of nitrogens with zero attached hydrogens (tertiary/aromatic N) is 1. The Kier molecular flexibility index (Phi) is 7.83. The normalized spacial score (nSPS) is 16.8. The van der Waals surface area contributed by atoms with Crippen LogP contribution in [0, 0.1) is 0 Å². The average molecular weight is 355 g/mol. The molecular formula is C17H18NORh. The van der Waals surface area contributed by atoms with Crippen molar-refractivity contribution in [3.63, 3.8) is 0 Å². The Labute approximate surface area is 133 Å². The van der Waals surface area contributed by atoms with Crippen LogP contribution in [0.25, 0.3) is 10.9 Å². The molecule has 1 aliphatic rings. The Morgan fingerprint density at radius 1 is 0.800 bits per heavy atom. The van der Waals surface area contributed by atoms with Crippen molar-refractivity contribution in [1.29, 1.82) is 0 Å². The molecule has 0 unspecified atom stereocenters. The van der Waals surface area contributed by atoms with E-state index in [4.69, 9.17) is 0 Å². The number of fused-ring (bicyclic) bond motifs is 1. The Morgan fingerprint density at radius 3 is 1.90 bits per heavy atom. The topological polar surface area (TPSA) is 36.0 Å². The first-order valence-corrected chi connectivity index (χ1v) is 6.68. The van der Waals surface area contributed by atoms with Gasteiger partial charge in [0.05, 0.1) is 5.52 Å². The van der Waals surface area contributed by atoms with Crippen molar-refractivity contribution in [3.05, 3.63) is 60.8 Å². The number of pyridine rings is 1. The quantitative estimate of drug-likeness (QED) is 0.529. The maximum Gasteiger partial charge on any atom is 1.00 e. The van der Waals surface area contributed by atoms with Crippen LogP contribution in [0.3, 0.4) is 0 Å². The van der Waals surface area contributed by atoms with Gasteiger partial charge in [-0.2, -0.15) is 0 Å². The molecule has 0 radical (unpaired) electrons. The predicted octanol–water partition coefficient (Wildman–Crippen LogP) is 3.98. The van der Waals surface area contributed by atoms with Crippen LogP contribution < -0.4 is 5.11 Å². The minimum atomic E-state index is -0.0110. The molecule has 106 valence electrons. The Bertz CT molecular complexity index is 547. The van der Waals surface area contributed by atoms with Crippen molar-refractivity contribution < 1.29 is 24.6 Å². The van der Waals surface area contributed by atoms with Crippen LogP contribution in [0.4, 0.5) is 0 Å². The number of benzene rings is 1. The molecule has 3 heteroatoms. The SMILES string of the molecule is C1=C\CC/C=C\CC/1.[O-]c1cccc2cccnc12.[Rh+]. The van der Waals surface area contributed by atoms with E-state index < -0.39 is 0 Å². The van der Waals surface area contributed by atoms with Gasteiger partial charge in [-0.05, 0) is 37.1 Å². The zero-order valence-electron chi connectivity index (χ0n) is 11.3. The Hall–Kier alpha value is -1.47. The molecule has 0 saturated carbocycles. The summed E-state index contributed by atoms with van der Waals surface area (Å²) < 4.78 is 0. The van der Waals surface area contributed by atoms with Crippen LogP contribution in [0.1, 0.15) is 25.7 Å². The van der Waals surface area contributed by atoms with Gasteiger partial charge in [0.2, 0.25) is 0 Å². The van der Waals surface area contributed by atoms with E-state index in [-0.39, 0.29) is 25.2 Å². The first-order chi connectivity index (χ1) is 9.38. The van der Waals surface area contributed by atoms with E-state index in [1.165, 1.54) is 31.7 Å². The van der Waals surface area contributed by atoms with Gasteiger partial charge in [-0.3, -0.25) is 4.98 Å². The van der Waals surface area contributed by atoms with E-state index >= 15 is 0 Å². The van der Waals surface area contributed by atoms with Gasteiger partial charge in [-0.15, -0.1) is 0 Å². The number of aromatic nitrogens is 1. The van der Waals surface area contributed by atoms with Crippen LogP contribution in [0.15, 0.2) is 60.8 Å². The summed E-state index contributed by atoms with van der Waals surface area (Å²) in [6.07, 6.45) is 15.6. The molecule has 1 aromatic heterocycles. The van der Waals surface area contributed by atoms with Crippen LogP contribution in [-0.4, -0.2) is 4.98 Å². The van der Waals surface area contributed by atoms with Crippen molar-refractivity contribution in [3.8, 4) is 5.75 Å². The van der Waals surface area contributed by atoms with Crippen molar-refractivity contribution in [2.24, 2.45) is 0 Å². The van der Waals surface area contributed by atoms with E-state index in [1.807, 2.05) is 18.2 Å². The second-order valence-corrected chi connectivity index (χ2v) is 4.43.